The summed E-state index contributed by atoms with van der Waals surface area (Å²) in [5.41, 5.74) is 0.934. The zero-order valence-electron chi connectivity index (χ0n) is 12.1. The van der Waals surface area contributed by atoms with Gasteiger partial charge in [0.1, 0.15) is 0 Å². The van der Waals surface area contributed by atoms with Crippen molar-refractivity contribution in [1.29, 1.82) is 0 Å². The Morgan fingerprint density at radius 1 is 1.37 bits per heavy atom. The van der Waals surface area contributed by atoms with E-state index in [0.29, 0.717) is 5.92 Å². The van der Waals surface area contributed by atoms with Gasteiger partial charge in [-0.1, -0.05) is 37.8 Å². The van der Waals surface area contributed by atoms with Crippen molar-refractivity contribution in [2.24, 2.45) is 17.0 Å². The van der Waals surface area contributed by atoms with Crippen molar-refractivity contribution in [2.75, 3.05) is 19.6 Å². The first-order valence-electron chi connectivity index (χ1n) is 7.84. The number of hydrogen-bond acceptors (Lipinski definition) is 4. The van der Waals surface area contributed by atoms with Crippen molar-refractivity contribution in [3.8, 4) is 0 Å². The van der Waals surface area contributed by atoms with E-state index in [2.05, 4.69) is 17.0 Å². The minimum atomic E-state index is -0.187. The summed E-state index contributed by atoms with van der Waals surface area (Å²) < 4.78 is 0. The summed E-state index contributed by atoms with van der Waals surface area (Å²) >= 11 is 0. The normalized spacial score (nSPS) is 30.0. The van der Waals surface area contributed by atoms with Crippen LogP contribution in [-0.2, 0) is 0 Å². The van der Waals surface area contributed by atoms with Crippen LogP contribution in [0.5, 0.6) is 0 Å². The maximum Gasteiger partial charge on any atom is 0.0669 e. The molecule has 1 aliphatic heterocycles. The summed E-state index contributed by atoms with van der Waals surface area (Å²) in [5.74, 6) is 1.11. The molecular weight excluding hydrogens is 240 g/mol. The Balaban J connectivity index is 1.76. The van der Waals surface area contributed by atoms with Gasteiger partial charge in [-0.2, -0.15) is 0 Å². The monoisotopic (exact) mass is 268 g/mol. The van der Waals surface area contributed by atoms with Gasteiger partial charge < -0.3 is 10.3 Å². The second-order valence-electron chi connectivity index (χ2n) is 6.25. The molecular formula is C15H28N2O2. The minimum Gasteiger partial charge on any atom is -0.411 e. The highest BCUT2D eigenvalue weighted by Gasteiger charge is 2.27. The van der Waals surface area contributed by atoms with Gasteiger partial charge in [-0.05, 0) is 18.8 Å². The first kappa shape index (κ1) is 14.8. The number of aliphatic hydroxyl groups is 1. The lowest BCUT2D eigenvalue weighted by Crippen LogP contribution is -2.44. The van der Waals surface area contributed by atoms with E-state index in [4.69, 9.17) is 5.21 Å². The Kier molecular flexibility index (Phi) is 5.64. The molecule has 0 bridgehead atoms. The second-order valence-corrected chi connectivity index (χ2v) is 6.25. The molecule has 2 N–H and O–H groups in total. The fraction of sp³-hybridized carbons (Fsp3) is 0.933. The van der Waals surface area contributed by atoms with Crippen LogP contribution < -0.4 is 0 Å². The first-order valence-corrected chi connectivity index (χ1v) is 7.84. The third-order valence-electron chi connectivity index (χ3n) is 4.80. The highest BCUT2D eigenvalue weighted by Crippen LogP contribution is 2.29. The van der Waals surface area contributed by atoms with Gasteiger partial charge >= 0.3 is 0 Å². The minimum absolute atomic E-state index is 0.187. The summed E-state index contributed by atoms with van der Waals surface area (Å²) in [7, 11) is 0. The Labute approximate surface area is 116 Å². The van der Waals surface area contributed by atoms with Crippen LogP contribution in [0.1, 0.15) is 51.9 Å². The van der Waals surface area contributed by atoms with Crippen molar-refractivity contribution in [3.05, 3.63) is 0 Å². The van der Waals surface area contributed by atoms with Crippen LogP contribution in [0.25, 0.3) is 0 Å². The third kappa shape index (κ3) is 4.18. The summed E-state index contributed by atoms with van der Waals surface area (Å²) in [6.45, 7) is 4.76. The number of hydrogen-bond donors (Lipinski definition) is 2. The smallest absolute Gasteiger partial charge is 0.0669 e. The van der Waals surface area contributed by atoms with E-state index < -0.39 is 0 Å². The van der Waals surface area contributed by atoms with E-state index in [1.807, 2.05) is 0 Å². The molecule has 2 fully saturated rings. The molecule has 0 spiro atoms. The molecule has 1 saturated heterocycles. The molecule has 2 aliphatic rings. The summed E-state index contributed by atoms with van der Waals surface area (Å²) in [4.78, 5) is 2.34. The summed E-state index contributed by atoms with van der Waals surface area (Å²) in [6.07, 6.45) is 7.91. The van der Waals surface area contributed by atoms with Crippen molar-refractivity contribution >= 4 is 5.71 Å². The number of β-amino-alcohol motifs (C(OH)–C–C–N with tert-alkyl or cyclic N) is 1. The van der Waals surface area contributed by atoms with Gasteiger partial charge in [-0.3, -0.25) is 4.90 Å². The molecule has 1 aliphatic carbocycles. The number of piperidine rings is 1. The van der Waals surface area contributed by atoms with Crippen molar-refractivity contribution in [1.82, 2.24) is 4.90 Å². The van der Waals surface area contributed by atoms with Crippen molar-refractivity contribution < 1.29 is 10.3 Å². The number of oxime groups is 1. The van der Waals surface area contributed by atoms with E-state index in [1.165, 1.54) is 25.7 Å². The predicted octanol–water partition coefficient (Wildman–Crippen LogP) is 2.49. The topological polar surface area (TPSA) is 56.1 Å². The second kappa shape index (κ2) is 7.25. The van der Waals surface area contributed by atoms with Crippen LogP contribution in [0.2, 0.25) is 0 Å². The van der Waals surface area contributed by atoms with E-state index in [-0.39, 0.29) is 6.10 Å². The first-order chi connectivity index (χ1) is 9.22. The average molecular weight is 268 g/mol. The van der Waals surface area contributed by atoms with Gasteiger partial charge in [0.05, 0.1) is 11.8 Å². The molecule has 0 amide bonds. The SMILES string of the molecule is CCC1CN(CC(O)CC2CCCC2)CCC1=NO. The molecule has 1 saturated carbocycles. The number of rotatable bonds is 5. The Morgan fingerprint density at radius 3 is 2.74 bits per heavy atom. The van der Waals surface area contributed by atoms with E-state index >= 15 is 0 Å². The van der Waals surface area contributed by atoms with Gasteiger partial charge in [0.2, 0.25) is 0 Å². The zero-order valence-corrected chi connectivity index (χ0v) is 12.1. The molecule has 2 unspecified atom stereocenters. The fourth-order valence-electron chi connectivity index (χ4n) is 3.65. The molecule has 110 valence electrons. The fourth-order valence-corrected chi connectivity index (χ4v) is 3.65. The highest BCUT2D eigenvalue weighted by molar-refractivity contribution is 5.87. The quantitative estimate of drug-likeness (QED) is 0.595. The van der Waals surface area contributed by atoms with E-state index in [0.717, 1.165) is 50.5 Å². The largest absolute Gasteiger partial charge is 0.411 e. The van der Waals surface area contributed by atoms with Crippen molar-refractivity contribution in [2.45, 2.75) is 58.0 Å². The van der Waals surface area contributed by atoms with E-state index in [9.17, 15) is 5.11 Å². The van der Waals surface area contributed by atoms with Gasteiger partial charge in [0, 0.05) is 32.0 Å². The van der Waals surface area contributed by atoms with Crippen LogP contribution in [-0.4, -0.2) is 46.7 Å². The Morgan fingerprint density at radius 2 is 2.11 bits per heavy atom. The highest BCUT2D eigenvalue weighted by atomic mass is 16.4. The average Bonchev–Trinajstić information content (AvgIpc) is 2.91. The van der Waals surface area contributed by atoms with Crippen LogP contribution >= 0.6 is 0 Å². The summed E-state index contributed by atoms with van der Waals surface area (Å²) in [5, 5.41) is 22.6. The molecule has 19 heavy (non-hydrogen) atoms. The van der Waals surface area contributed by atoms with Crippen LogP contribution in [0, 0.1) is 11.8 Å². The predicted molar refractivity (Wildman–Crippen MR) is 76.6 cm³/mol. The molecule has 0 aromatic heterocycles. The third-order valence-corrected chi connectivity index (χ3v) is 4.80. The maximum atomic E-state index is 10.2. The number of likely N-dealkylation sites (tertiary alicyclic amines) is 1. The lowest BCUT2D eigenvalue weighted by atomic mass is 9.92. The molecule has 2 atom stereocenters. The molecule has 0 aromatic carbocycles. The van der Waals surface area contributed by atoms with E-state index in [1.54, 1.807) is 0 Å². The van der Waals surface area contributed by atoms with Crippen LogP contribution in [0.15, 0.2) is 5.16 Å². The molecule has 0 aromatic rings. The van der Waals surface area contributed by atoms with Crippen LogP contribution in [0.3, 0.4) is 0 Å². The van der Waals surface area contributed by atoms with Crippen molar-refractivity contribution in [3.63, 3.8) is 0 Å². The molecule has 2 rings (SSSR count). The number of aliphatic hydroxyl groups excluding tert-OH is 1. The maximum absolute atomic E-state index is 10.2. The van der Waals surface area contributed by atoms with Gasteiger partial charge in [-0.15, -0.1) is 0 Å². The summed E-state index contributed by atoms with van der Waals surface area (Å²) in [6, 6.07) is 0. The van der Waals surface area contributed by atoms with Gasteiger partial charge in [0.15, 0.2) is 0 Å². The lowest BCUT2D eigenvalue weighted by Gasteiger charge is -2.34. The molecule has 4 heteroatoms. The standard InChI is InChI=1S/C15H28N2O2/c1-2-13-10-17(8-7-15(13)16-19)11-14(18)9-12-5-3-4-6-12/h12-14,18-19H,2-11H2,1H3. The van der Waals surface area contributed by atoms with Crippen LogP contribution in [0.4, 0.5) is 0 Å². The van der Waals surface area contributed by atoms with Gasteiger partial charge in [-0.25, -0.2) is 0 Å². The number of nitrogens with zero attached hydrogens (tertiary/aromatic N) is 2. The Bertz CT molecular complexity index is 301. The molecule has 1 heterocycles. The molecule has 0 radical (unpaired) electrons. The Hall–Kier alpha value is -0.610. The van der Waals surface area contributed by atoms with Gasteiger partial charge in [0.25, 0.3) is 0 Å². The lowest BCUT2D eigenvalue weighted by molar-refractivity contribution is 0.0836. The zero-order chi connectivity index (χ0) is 13.7. The molecule has 4 nitrogen and oxygen atoms in total.